The fourth-order valence-corrected chi connectivity index (χ4v) is 7.29. The quantitative estimate of drug-likeness (QED) is 0.547. The maximum absolute atomic E-state index is 11.6. The third-order valence-corrected chi connectivity index (χ3v) is 8.84. The van der Waals surface area contributed by atoms with Crippen molar-refractivity contribution in [2.75, 3.05) is 36.0 Å². The molecule has 3 heterocycles. The van der Waals surface area contributed by atoms with E-state index < -0.39 is 10.1 Å². The Morgan fingerprint density at radius 2 is 2.10 bits per heavy atom. The summed E-state index contributed by atoms with van der Waals surface area (Å²) in [6, 6.07) is 7.88. The van der Waals surface area contributed by atoms with E-state index in [0.29, 0.717) is 18.2 Å². The topological polar surface area (TPSA) is 65.1 Å². The lowest BCUT2D eigenvalue weighted by Gasteiger charge is -2.31. The van der Waals surface area contributed by atoms with Crippen molar-refractivity contribution in [1.82, 2.24) is 10.4 Å². The van der Waals surface area contributed by atoms with E-state index >= 15 is 0 Å². The molecule has 1 fully saturated rings. The van der Waals surface area contributed by atoms with Crippen LogP contribution in [0.4, 0.5) is 10.7 Å². The summed E-state index contributed by atoms with van der Waals surface area (Å²) in [5.41, 5.74) is 7.12. The maximum Gasteiger partial charge on any atom is 0.265 e. The molecular weight excluding hydrogens is 444 g/mol. The Bertz CT molecular complexity index is 1130. The number of halogens is 1. The minimum Gasteiger partial charge on any atom is -0.362 e. The van der Waals surface area contributed by atoms with Crippen LogP contribution in [0.5, 0.6) is 0 Å². The number of hydrazine groups is 1. The van der Waals surface area contributed by atoms with Gasteiger partial charge in [0.05, 0.1) is 42.3 Å². The Labute approximate surface area is 184 Å². The SMILES string of the molecule is C[s+]1c2c(c3c1N1CNN(COS(C)(=O)=O)C1CN(c1ccccc1Cl)C3)CC=C2. The summed E-state index contributed by atoms with van der Waals surface area (Å²) < 4.78 is 28.3. The lowest BCUT2D eigenvalue weighted by Crippen LogP contribution is -2.48. The smallest absolute Gasteiger partial charge is 0.265 e. The van der Waals surface area contributed by atoms with E-state index in [0.717, 1.165) is 24.9 Å². The Morgan fingerprint density at radius 3 is 2.87 bits per heavy atom. The second kappa shape index (κ2) is 7.51. The molecule has 1 aliphatic carbocycles. The number of anilines is 2. The first kappa shape index (κ1) is 20.3. The number of nitrogens with one attached hydrogen (secondary N) is 1. The lowest BCUT2D eigenvalue weighted by molar-refractivity contribution is 0.0806. The predicted molar refractivity (Wildman–Crippen MR) is 122 cm³/mol. The van der Waals surface area contributed by atoms with Gasteiger partial charge in [-0.2, -0.15) is 13.4 Å². The van der Waals surface area contributed by atoms with E-state index in [1.54, 1.807) is 0 Å². The highest BCUT2D eigenvalue weighted by atomic mass is 35.5. The minimum absolute atomic E-state index is 0.0162. The van der Waals surface area contributed by atoms with Gasteiger partial charge >= 0.3 is 0 Å². The molecule has 0 amide bonds. The Kier molecular flexibility index (Phi) is 5.08. The molecule has 1 aromatic heterocycles. The number of benzene rings is 1. The molecule has 2 aliphatic heterocycles. The van der Waals surface area contributed by atoms with Gasteiger partial charge in [-0.15, -0.1) is 0 Å². The van der Waals surface area contributed by atoms with Crippen LogP contribution >= 0.6 is 22.1 Å². The van der Waals surface area contributed by atoms with Crippen LogP contribution in [0.3, 0.4) is 0 Å². The van der Waals surface area contributed by atoms with Gasteiger partial charge in [0, 0.05) is 16.0 Å². The molecule has 160 valence electrons. The van der Waals surface area contributed by atoms with Crippen LogP contribution in [0.15, 0.2) is 30.3 Å². The van der Waals surface area contributed by atoms with Gasteiger partial charge in [0.2, 0.25) is 0 Å². The highest BCUT2D eigenvalue weighted by molar-refractivity contribution is 7.85. The van der Waals surface area contributed by atoms with Gasteiger partial charge in [0.15, 0.2) is 4.88 Å². The lowest BCUT2D eigenvalue weighted by atomic mass is 10.1. The molecule has 5 rings (SSSR count). The standard InChI is InChI=1S/C20H24ClN4O3S2/c1-29-18-9-5-6-14(18)15-10-23(17-8-4-3-7-16(17)21)11-19-24(20(15)29)12-22-25(19)13-28-30(2,26)27/h3-5,7-9,19,22H,6,10-13H2,1-2H3/q+1. The van der Waals surface area contributed by atoms with Crippen molar-refractivity contribution in [2.24, 2.45) is 6.26 Å². The van der Waals surface area contributed by atoms with Crippen LogP contribution in [0.2, 0.25) is 5.02 Å². The van der Waals surface area contributed by atoms with Crippen LogP contribution in [0.25, 0.3) is 6.08 Å². The van der Waals surface area contributed by atoms with Crippen molar-refractivity contribution in [2.45, 2.75) is 19.1 Å². The number of allylic oxidation sites excluding steroid dienone is 1. The van der Waals surface area contributed by atoms with Crippen molar-refractivity contribution < 1.29 is 12.6 Å². The first-order valence-electron chi connectivity index (χ1n) is 9.73. The summed E-state index contributed by atoms with van der Waals surface area (Å²) in [6.07, 6.45) is 8.76. The average Bonchev–Trinajstić information content (AvgIpc) is 3.35. The molecular formula is C20H24ClN4O3S2+. The highest BCUT2D eigenvalue weighted by Gasteiger charge is 2.45. The molecule has 2 atom stereocenters. The van der Waals surface area contributed by atoms with Crippen molar-refractivity contribution >= 4 is 49.0 Å². The van der Waals surface area contributed by atoms with Crippen LogP contribution in [-0.4, -0.2) is 45.8 Å². The van der Waals surface area contributed by atoms with E-state index in [1.807, 2.05) is 29.3 Å². The number of rotatable bonds is 4. The zero-order chi connectivity index (χ0) is 21.0. The van der Waals surface area contributed by atoms with Crippen molar-refractivity contribution in [3.63, 3.8) is 0 Å². The van der Waals surface area contributed by atoms with Gasteiger partial charge < -0.3 is 4.90 Å². The van der Waals surface area contributed by atoms with Gasteiger partial charge in [-0.3, -0.25) is 9.08 Å². The molecule has 0 bridgehead atoms. The summed E-state index contributed by atoms with van der Waals surface area (Å²) in [6.45, 7) is 2.03. The summed E-state index contributed by atoms with van der Waals surface area (Å²) in [5, 5.41) is 3.93. The second-order valence-corrected chi connectivity index (χ2v) is 11.7. The number of fused-ring (bicyclic) bond motifs is 5. The predicted octanol–water partition coefficient (Wildman–Crippen LogP) is 3.06. The van der Waals surface area contributed by atoms with E-state index in [4.69, 9.17) is 15.8 Å². The van der Waals surface area contributed by atoms with Crippen molar-refractivity contribution in [3.8, 4) is 0 Å². The minimum atomic E-state index is -3.53. The summed E-state index contributed by atoms with van der Waals surface area (Å²) in [4.78, 5) is 6.09. The van der Waals surface area contributed by atoms with Crippen molar-refractivity contribution in [3.05, 3.63) is 51.4 Å². The molecule has 0 saturated carbocycles. The van der Waals surface area contributed by atoms with E-state index in [9.17, 15) is 8.42 Å². The highest BCUT2D eigenvalue weighted by Crippen LogP contribution is 2.50. The van der Waals surface area contributed by atoms with Gasteiger partial charge in [-0.25, -0.2) is 5.43 Å². The summed E-state index contributed by atoms with van der Waals surface area (Å²) in [7, 11) is -3.55. The van der Waals surface area contributed by atoms with Gasteiger partial charge in [-0.05, 0) is 24.6 Å². The van der Waals surface area contributed by atoms with E-state index in [2.05, 4.69) is 33.6 Å². The molecule has 30 heavy (non-hydrogen) atoms. The molecule has 1 aromatic carbocycles. The van der Waals surface area contributed by atoms with Crippen LogP contribution in [0.1, 0.15) is 16.0 Å². The van der Waals surface area contributed by atoms with Crippen LogP contribution in [-0.2, 0) is 33.5 Å². The number of para-hydroxylation sites is 1. The first-order valence-corrected chi connectivity index (χ1v) is 13.6. The Hall–Kier alpha value is -1.62. The first-order chi connectivity index (χ1) is 14.3. The zero-order valence-electron chi connectivity index (χ0n) is 16.8. The van der Waals surface area contributed by atoms with Crippen LogP contribution in [0, 0.1) is 0 Å². The number of nitrogens with zero attached hydrogens (tertiary/aromatic N) is 3. The summed E-state index contributed by atoms with van der Waals surface area (Å²) in [5.74, 6) is 0. The average molecular weight is 468 g/mol. The van der Waals surface area contributed by atoms with Gasteiger partial charge in [0.1, 0.15) is 19.2 Å². The zero-order valence-corrected chi connectivity index (χ0v) is 19.2. The fourth-order valence-electron chi connectivity index (χ4n) is 4.55. The van der Waals surface area contributed by atoms with Crippen molar-refractivity contribution in [1.29, 1.82) is 0 Å². The van der Waals surface area contributed by atoms with Gasteiger partial charge in [0.25, 0.3) is 15.1 Å². The number of hydrogen-bond acceptors (Lipinski definition) is 7. The fraction of sp³-hybridized carbons (Fsp3) is 0.400. The third-order valence-electron chi connectivity index (χ3n) is 5.89. The van der Waals surface area contributed by atoms with Gasteiger partial charge in [-0.1, -0.05) is 29.8 Å². The third kappa shape index (κ3) is 3.43. The van der Waals surface area contributed by atoms with E-state index in [1.165, 1.54) is 21.0 Å². The van der Waals surface area contributed by atoms with Crippen LogP contribution < -0.4 is 15.2 Å². The Balaban J connectivity index is 1.58. The summed E-state index contributed by atoms with van der Waals surface area (Å²) >= 11 is 6.57. The monoisotopic (exact) mass is 467 g/mol. The molecule has 7 nitrogen and oxygen atoms in total. The maximum atomic E-state index is 11.6. The largest absolute Gasteiger partial charge is 0.362 e. The second-order valence-electron chi connectivity index (χ2n) is 7.76. The molecule has 2 unspecified atom stereocenters. The molecule has 3 aliphatic rings. The normalized spacial score (nSPS) is 21.6. The van der Waals surface area contributed by atoms with E-state index in [-0.39, 0.29) is 23.4 Å². The molecule has 1 N–H and O–H groups in total. The number of hydrogen-bond donors (Lipinski definition) is 1. The molecule has 2 aromatic rings. The molecule has 0 radical (unpaired) electrons. The molecule has 0 spiro atoms. The Morgan fingerprint density at radius 1 is 1.30 bits per heavy atom. The number of thiophene rings is 1. The molecule has 1 saturated heterocycles. The molecule has 10 heteroatoms.